The van der Waals surface area contributed by atoms with Gasteiger partial charge in [-0.05, 0) is 24.8 Å². The van der Waals surface area contributed by atoms with Crippen molar-refractivity contribution < 1.29 is 47.5 Å². The smallest absolute Gasteiger partial charge is 0.557 e. The Kier molecular flexibility index (Phi) is 7.78. The predicted octanol–water partition coefficient (Wildman–Crippen LogP) is -0.677. The molecule has 0 saturated carbocycles. The quantitative estimate of drug-likeness (QED) is 0.639. The molecule has 1 saturated heterocycles. The van der Waals surface area contributed by atoms with Crippen LogP contribution < -0.4 is 40.0 Å². The van der Waals surface area contributed by atoms with Gasteiger partial charge in [-0.1, -0.05) is 26.0 Å². The molecule has 0 spiro atoms. The van der Waals surface area contributed by atoms with Crippen LogP contribution in [0.5, 0.6) is 5.75 Å². The topological polar surface area (TPSA) is 116 Å². The molecule has 0 bridgehead atoms. The van der Waals surface area contributed by atoms with Crippen LogP contribution in [-0.2, 0) is 15.0 Å². The van der Waals surface area contributed by atoms with E-state index in [0.717, 1.165) is 19.4 Å². The minimum Gasteiger partial charge on any atom is -0.557 e. The minimum atomic E-state index is -3.94. The van der Waals surface area contributed by atoms with Crippen molar-refractivity contribution >= 4 is 27.6 Å². The first kappa shape index (κ1) is 23.0. The first-order valence-electron chi connectivity index (χ1n) is 9.12. The summed E-state index contributed by atoms with van der Waals surface area (Å²) < 4.78 is 36.2. The normalized spacial score (nSPS) is 20.5. The van der Waals surface area contributed by atoms with Gasteiger partial charge in [0.15, 0.2) is 0 Å². The summed E-state index contributed by atoms with van der Waals surface area (Å²) in [5, 5.41) is 0. The fourth-order valence-electron chi connectivity index (χ4n) is 3.40. The Bertz CT molecular complexity index is 857. The number of amidine groups is 1. The number of rotatable bonds is 5. The maximum Gasteiger partial charge on any atom is 1.00 e. The monoisotopic (exact) mass is 416 g/mol. The molecule has 0 aliphatic carbocycles. The van der Waals surface area contributed by atoms with Crippen molar-refractivity contribution in [1.29, 1.82) is 0 Å². The van der Waals surface area contributed by atoms with Gasteiger partial charge in [0.1, 0.15) is 11.6 Å². The average Bonchev–Trinajstić information content (AvgIpc) is 2.58. The number of fused-ring (bicyclic) bond motifs is 1. The SMILES string of the molecule is CC(C)CC(=O)N1CCC[C@H](COc2cccc3c2C(N)=NS(=O)(=O)[N-]3)C1.[Na+]. The first-order chi connectivity index (χ1) is 12.7. The van der Waals surface area contributed by atoms with Crippen LogP contribution in [0.1, 0.15) is 38.7 Å². The number of nitrogens with zero attached hydrogens (tertiary/aromatic N) is 3. The maximum atomic E-state index is 12.3. The Hall–Kier alpha value is -1.29. The Balaban J connectivity index is 0.00000280. The van der Waals surface area contributed by atoms with E-state index in [-0.39, 0.29) is 52.9 Å². The summed E-state index contributed by atoms with van der Waals surface area (Å²) in [6.07, 6.45) is 2.48. The van der Waals surface area contributed by atoms with Gasteiger partial charge in [0, 0.05) is 31.0 Å². The standard InChI is InChI=1S/C18H25N4O4S.Na/c1-12(2)9-16(23)22-8-4-5-13(10-22)11-26-15-7-3-6-14-17(15)18(19)21-27(24,25)20-14;/h3,6-7,12-13H,4-5,8-11H2,1-2H3,(H2-,19,20,21);/q-1;+1/t13-;/m0./s1. The molecular formula is C18H25N4NaO4S. The number of amides is 1. The molecule has 2 N–H and O–H groups in total. The second-order valence-electron chi connectivity index (χ2n) is 7.42. The zero-order valence-electron chi connectivity index (χ0n) is 16.6. The van der Waals surface area contributed by atoms with Gasteiger partial charge >= 0.3 is 29.6 Å². The second-order valence-corrected chi connectivity index (χ2v) is 8.68. The molecule has 0 radical (unpaired) electrons. The van der Waals surface area contributed by atoms with Gasteiger partial charge in [0.2, 0.25) is 16.1 Å². The van der Waals surface area contributed by atoms with E-state index < -0.39 is 10.2 Å². The number of piperidine rings is 1. The van der Waals surface area contributed by atoms with E-state index in [0.29, 0.717) is 36.8 Å². The molecule has 10 heteroatoms. The molecule has 1 fully saturated rings. The zero-order chi connectivity index (χ0) is 19.6. The molecule has 2 aliphatic heterocycles. The van der Waals surface area contributed by atoms with Crippen molar-refractivity contribution in [2.24, 2.45) is 22.0 Å². The Morgan fingerprint density at radius 1 is 1.43 bits per heavy atom. The number of benzene rings is 1. The van der Waals surface area contributed by atoms with Gasteiger partial charge in [-0.25, -0.2) is 8.42 Å². The number of hydrogen-bond donors (Lipinski definition) is 1. The van der Waals surface area contributed by atoms with Gasteiger partial charge in [0.05, 0.1) is 6.61 Å². The second kappa shape index (κ2) is 9.47. The average molecular weight is 416 g/mol. The molecule has 1 aromatic rings. The van der Waals surface area contributed by atoms with E-state index in [4.69, 9.17) is 10.5 Å². The van der Waals surface area contributed by atoms with Gasteiger partial charge in [-0.3, -0.25) is 4.79 Å². The summed E-state index contributed by atoms with van der Waals surface area (Å²) >= 11 is 0. The number of likely N-dealkylation sites (tertiary alicyclic amines) is 1. The molecule has 1 aromatic carbocycles. The van der Waals surface area contributed by atoms with Crippen LogP contribution in [0.3, 0.4) is 0 Å². The molecule has 8 nitrogen and oxygen atoms in total. The third-order valence-corrected chi connectivity index (χ3v) is 5.47. The summed E-state index contributed by atoms with van der Waals surface area (Å²) in [6, 6.07) is 4.96. The van der Waals surface area contributed by atoms with Crippen LogP contribution >= 0.6 is 0 Å². The van der Waals surface area contributed by atoms with Crippen LogP contribution in [-0.4, -0.2) is 44.8 Å². The molecule has 1 atom stereocenters. The maximum absolute atomic E-state index is 12.3. The van der Waals surface area contributed by atoms with Crippen molar-refractivity contribution in [1.82, 2.24) is 4.90 Å². The first-order valence-corrected chi connectivity index (χ1v) is 10.5. The third-order valence-electron chi connectivity index (χ3n) is 4.62. The molecule has 2 aliphatic rings. The third kappa shape index (κ3) is 5.62. The van der Waals surface area contributed by atoms with Crippen LogP contribution in [0.25, 0.3) is 4.72 Å². The summed E-state index contributed by atoms with van der Waals surface area (Å²) in [5.41, 5.74) is 6.45. The number of hydrogen-bond acceptors (Lipinski definition) is 5. The van der Waals surface area contributed by atoms with Crippen LogP contribution in [0.15, 0.2) is 22.6 Å². The van der Waals surface area contributed by atoms with Crippen molar-refractivity contribution in [3.63, 3.8) is 0 Å². The zero-order valence-corrected chi connectivity index (χ0v) is 19.4. The minimum absolute atomic E-state index is 0. The molecule has 28 heavy (non-hydrogen) atoms. The fraction of sp³-hybridized carbons (Fsp3) is 0.556. The summed E-state index contributed by atoms with van der Waals surface area (Å²) in [5.74, 6) is 1.08. The van der Waals surface area contributed by atoms with E-state index in [9.17, 15) is 13.2 Å². The summed E-state index contributed by atoms with van der Waals surface area (Å²) in [4.78, 5) is 14.2. The molecular weight excluding hydrogens is 391 g/mol. The van der Waals surface area contributed by atoms with Crippen molar-refractivity contribution in [2.75, 3.05) is 19.7 Å². The van der Waals surface area contributed by atoms with E-state index >= 15 is 0 Å². The fourth-order valence-corrected chi connectivity index (χ4v) is 4.18. The molecule has 3 rings (SSSR count). The Morgan fingerprint density at radius 3 is 2.89 bits per heavy atom. The Labute approximate surface area is 188 Å². The molecule has 1 amide bonds. The van der Waals surface area contributed by atoms with Gasteiger partial charge in [0.25, 0.3) is 0 Å². The van der Waals surface area contributed by atoms with Crippen LogP contribution in [0.4, 0.5) is 5.69 Å². The van der Waals surface area contributed by atoms with E-state index in [1.54, 1.807) is 18.2 Å². The van der Waals surface area contributed by atoms with Crippen LogP contribution in [0, 0.1) is 11.8 Å². The molecule has 148 valence electrons. The van der Waals surface area contributed by atoms with Gasteiger partial charge in [-0.2, -0.15) is 4.40 Å². The number of carbonyl (C=O) groups is 1. The Morgan fingerprint density at radius 2 is 2.18 bits per heavy atom. The molecule has 0 unspecified atom stereocenters. The largest absolute Gasteiger partial charge is 1.00 e. The van der Waals surface area contributed by atoms with E-state index in [2.05, 4.69) is 9.12 Å². The van der Waals surface area contributed by atoms with Gasteiger partial charge < -0.3 is 20.1 Å². The van der Waals surface area contributed by atoms with Gasteiger partial charge in [-0.15, -0.1) is 5.69 Å². The van der Waals surface area contributed by atoms with Crippen molar-refractivity contribution in [2.45, 2.75) is 33.1 Å². The van der Waals surface area contributed by atoms with Crippen molar-refractivity contribution in [3.05, 3.63) is 28.5 Å². The summed E-state index contributed by atoms with van der Waals surface area (Å²) in [6.45, 7) is 5.96. The summed E-state index contributed by atoms with van der Waals surface area (Å²) in [7, 11) is -3.94. The van der Waals surface area contributed by atoms with Crippen molar-refractivity contribution in [3.8, 4) is 5.75 Å². The number of carbonyl (C=O) groups excluding carboxylic acids is 1. The van der Waals surface area contributed by atoms with E-state index in [1.807, 2.05) is 18.7 Å². The number of ether oxygens (including phenoxy) is 1. The predicted molar refractivity (Wildman–Crippen MR) is 103 cm³/mol. The van der Waals surface area contributed by atoms with Crippen LogP contribution in [0.2, 0.25) is 0 Å². The number of nitrogens with two attached hydrogens (primary N) is 1. The molecule has 0 aromatic heterocycles. The molecule has 2 heterocycles. The van der Waals surface area contributed by atoms with E-state index in [1.165, 1.54) is 0 Å².